The summed E-state index contributed by atoms with van der Waals surface area (Å²) in [4.78, 5) is 15.9. The molecular formula is C57H32N4OS. The summed E-state index contributed by atoms with van der Waals surface area (Å²) in [5.41, 5.74) is 7.74. The van der Waals surface area contributed by atoms with Gasteiger partial charge in [-0.1, -0.05) is 133 Å². The van der Waals surface area contributed by atoms with Crippen LogP contribution in [-0.2, 0) is 0 Å². The van der Waals surface area contributed by atoms with Crippen molar-refractivity contribution < 1.29 is 4.42 Å². The molecular weight excluding hydrogens is 789 g/mol. The van der Waals surface area contributed by atoms with Crippen LogP contribution in [0.5, 0.6) is 0 Å². The molecule has 0 spiro atoms. The minimum atomic E-state index is 0.581. The lowest BCUT2D eigenvalue weighted by Crippen LogP contribution is -2.01. The third-order valence-corrected chi connectivity index (χ3v) is 13.9. The topological polar surface area (TPSA) is 56.7 Å². The molecule has 4 aromatic heterocycles. The number of para-hydroxylation sites is 1. The highest BCUT2D eigenvalue weighted by Gasteiger charge is 2.22. The number of hydrogen-bond acceptors (Lipinski definition) is 5. The fourth-order valence-electron chi connectivity index (χ4n) is 9.89. The molecule has 0 amide bonds. The fraction of sp³-hybridized carbons (Fsp3) is 0. The van der Waals surface area contributed by atoms with Crippen molar-refractivity contribution in [3.63, 3.8) is 0 Å². The van der Waals surface area contributed by atoms with E-state index in [0.29, 0.717) is 17.5 Å². The van der Waals surface area contributed by atoms with Gasteiger partial charge in [0.25, 0.3) is 0 Å². The highest BCUT2D eigenvalue weighted by molar-refractivity contribution is 7.25. The second kappa shape index (κ2) is 13.2. The largest absolute Gasteiger partial charge is 0.456 e. The van der Waals surface area contributed by atoms with Crippen LogP contribution in [-0.4, -0.2) is 19.5 Å². The van der Waals surface area contributed by atoms with E-state index in [1.165, 1.54) is 58.0 Å². The molecule has 4 heterocycles. The normalized spacial score (nSPS) is 12.1. The molecule has 14 aromatic rings. The van der Waals surface area contributed by atoms with Gasteiger partial charge in [0.05, 0.1) is 11.0 Å². The van der Waals surface area contributed by atoms with Crippen LogP contribution in [0.1, 0.15) is 0 Å². The van der Waals surface area contributed by atoms with Gasteiger partial charge in [0, 0.05) is 69.5 Å². The van der Waals surface area contributed by atoms with Gasteiger partial charge >= 0.3 is 0 Å². The summed E-state index contributed by atoms with van der Waals surface area (Å²) >= 11 is 1.81. The van der Waals surface area contributed by atoms with Crippen LogP contribution in [0, 0.1) is 0 Å². The lowest BCUT2D eigenvalue weighted by atomic mass is 9.97. The summed E-state index contributed by atoms with van der Waals surface area (Å²) in [6, 6.07) is 69.2. The quantitative estimate of drug-likeness (QED) is 0.177. The predicted molar refractivity (Wildman–Crippen MR) is 263 cm³/mol. The van der Waals surface area contributed by atoms with Crippen molar-refractivity contribution in [1.29, 1.82) is 0 Å². The molecule has 0 fully saturated rings. The lowest BCUT2D eigenvalue weighted by Gasteiger charge is -2.14. The molecule has 0 N–H and O–H groups in total. The zero-order valence-corrected chi connectivity index (χ0v) is 34.4. The SMILES string of the molecule is c1ccc(-c2nc(-c3ccc4sc5ccccc5c4c3)nc(-c3cc4oc5ccccc5c4c4ccc(-n5c6cc7ccccc7cc6c6ccc7ccccc7c65)cc34)n2)cc1. The molecule has 0 atom stereocenters. The van der Waals surface area contributed by atoms with E-state index in [1.807, 2.05) is 30.3 Å². The van der Waals surface area contributed by atoms with Gasteiger partial charge in [-0.3, -0.25) is 0 Å². The van der Waals surface area contributed by atoms with Crippen LogP contribution in [0.25, 0.3) is 136 Å². The van der Waals surface area contributed by atoms with E-state index in [-0.39, 0.29) is 0 Å². The first kappa shape index (κ1) is 34.5. The molecule has 0 bridgehead atoms. The van der Waals surface area contributed by atoms with Crippen LogP contribution in [0.15, 0.2) is 199 Å². The highest BCUT2D eigenvalue weighted by Crippen LogP contribution is 2.44. The summed E-state index contributed by atoms with van der Waals surface area (Å²) in [5.74, 6) is 1.81. The average molecular weight is 821 g/mol. The Labute approximate surface area is 363 Å². The molecule has 0 saturated heterocycles. The van der Waals surface area contributed by atoms with Crippen LogP contribution in [0.2, 0.25) is 0 Å². The molecule has 63 heavy (non-hydrogen) atoms. The molecule has 0 aliphatic rings. The van der Waals surface area contributed by atoms with Gasteiger partial charge in [-0.15, -0.1) is 11.3 Å². The number of aromatic nitrogens is 4. The van der Waals surface area contributed by atoms with E-state index in [2.05, 4.69) is 168 Å². The molecule has 292 valence electrons. The smallest absolute Gasteiger partial charge is 0.164 e. The number of rotatable bonds is 4. The number of thiophene rings is 1. The van der Waals surface area contributed by atoms with Gasteiger partial charge in [-0.2, -0.15) is 0 Å². The van der Waals surface area contributed by atoms with Gasteiger partial charge in [-0.05, 0) is 87.6 Å². The first-order valence-electron chi connectivity index (χ1n) is 21.2. The van der Waals surface area contributed by atoms with E-state index >= 15 is 0 Å². The Hall–Kier alpha value is -8.19. The van der Waals surface area contributed by atoms with E-state index in [1.54, 1.807) is 11.3 Å². The molecule has 0 unspecified atom stereocenters. The first-order valence-corrected chi connectivity index (χ1v) is 22.0. The van der Waals surface area contributed by atoms with Crippen LogP contribution < -0.4 is 0 Å². The summed E-state index contributed by atoms with van der Waals surface area (Å²) in [6.45, 7) is 0. The Morgan fingerprint density at radius 3 is 1.94 bits per heavy atom. The summed E-state index contributed by atoms with van der Waals surface area (Å²) < 4.78 is 11.6. The molecule has 0 saturated carbocycles. The predicted octanol–water partition coefficient (Wildman–Crippen LogP) is 15.7. The Morgan fingerprint density at radius 1 is 0.381 bits per heavy atom. The van der Waals surface area contributed by atoms with E-state index in [0.717, 1.165) is 60.6 Å². The average Bonchev–Trinajstić information content (AvgIpc) is 4.02. The Morgan fingerprint density at radius 2 is 1.06 bits per heavy atom. The monoisotopic (exact) mass is 820 g/mol. The van der Waals surface area contributed by atoms with Crippen molar-refractivity contribution in [1.82, 2.24) is 19.5 Å². The van der Waals surface area contributed by atoms with Gasteiger partial charge < -0.3 is 8.98 Å². The van der Waals surface area contributed by atoms with Crippen LogP contribution in [0.3, 0.4) is 0 Å². The molecule has 6 heteroatoms. The number of hydrogen-bond donors (Lipinski definition) is 0. The number of benzene rings is 10. The lowest BCUT2D eigenvalue weighted by molar-refractivity contribution is 0.669. The number of furan rings is 1. The molecule has 14 rings (SSSR count). The van der Waals surface area contributed by atoms with Crippen molar-refractivity contribution in [3.8, 4) is 39.9 Å². The first-order chi connectivity index (χ1) is 31.2. The highest BCUT2D eigenvalue weighted by atomic mass is 32.1. The fourth-order valence-corrected chi connectivity index (χ4v) is 11.0. The van der Waals surface area contributed by atoms with E-state index < -0.39 is 0 Å². The molecule has 10 aromatic carbocycles. The number of nitrogens with zero attached hydrogens (tertiary/aromatic N) is 4. The van der Waals surface area contributed by atoms with Crippen molar-refractivity contribution in [2.24, 2.45) is 0 Å². The van der Waals surface area contributed by atoms with Crippen molar-refractivity contribution >= 4 is 108 Å². The van der Waals surface area contributed by atoms with Crippen molar-refractivity contribution in [2.75, 3.05) is 0 Å². The molecule has 0 radical (unpaired) electrons. The van der Waals surface area contributed by atoms with Gasteiger partial charge in [0.2, 0.25) is 0 Å². The minimum Gasteiger partial charge on any atom is -0.456 e. The second-order valence-corrected chi connectivity index (χ2v) is 17.4. The van der Waals surface area contributed by atoms with Crippen LogP contribution in [0.4, 0.5) is 0 Å². The maximum Gasteiger partial charge on any atom is 0.164 e. The summed E-state index contributed by atoms with van der Waals surface area (Å²) in [7, 11) is 0. The van der Waals surface area contributed by atoms with Crippen LogP contribution >= 0.6 is 11.3 Å². The van der Waals surface area contributed by atoms with E-state index in [9.17, 15) is 0 Å². The van der Waals surface area contributed by atoms with Crippen molar-refractivity contribution in [3.05, 3.63) is 194 Å². The van der Waals surface area contributed by atoms with Gasteiger partial charge in [-0.25, -0.2) is 15.0 Å². The zero-order chi connectivity index (χ0) is 41.2. The third kappa shape index (κ3) is 5.19. The Balaban J connectivity index is 1.09. The second-order valence-electron chi connectivity index (χ2n) is 16.3. The third-order valence-electron chi connectivity index (χ3n) is 12.8. The minimum absolute atomic E-state index is 0.581. The number of fused-ring (bicyclic) bond motifs is 14. The standard InChI is InChI=1S/C57H32N4OS/c1-2-13-34(14-3-1)55-58-56(37-23-27-52-46(29-37)40-18-9-11-21-51(40)63-52)60-57(59-55)47-32-50-53(43-19-8-10-20-49(43)62-50)41-26-24-38(31-44(41)47)61-48-30-36-16-5-4-15-35(36)28-45(48)42-25-22-33-12-6-7-17-39(33)54(42)61/h1-32H. The molecule has 5 nitrogen and oxygen atoms in total. The van der Waals surface area contributed by atoms with Gasteiger partial charge in [0.15, 0.2) is 17.5 Å². The zero-order valence-electron chi connectivity index (χ0n) is 33.6. The summed E-state index contributed by atoms with van der Waals surface area (Å²) in [5, 5.41) is 13.9. The molecule has 0 aliphatic heterocycles. The van der Waals surface area contributed by atoms with E-state index in [4.69, 9.17) is 19.4 Å². The maximum atomic E-state index is 6.66. The summed E-state index contributed by atoms with van der Waals surface area (Å²) in [6.07, 6.45) is 0. The van der Waals surface area contributed by atoms with Crippen molar-refractivity contribution in [2.45, 2.75) is 0 Å². The van der Waals surface area contributed by atoms with Gasteiger partial charge in [0.1, 0.15) is 11.2 Å². The maximum absolute atomic E-state index is 6.66. The Kier molecular flexibility index (Phi) is 7.21. The Bertz CT molecular complexity index is 4220. The molecule has 0 aliphatic carbocycles.